The number of sulfonamides is 1. The van der Waals surface area contributed by atoms with Crippen LogP contribution in [0.15, 0.2) is 41.3 Å². The molecule has 94 valence electrons. The number of anilines is 1. The van der Waals surface area contributed by atoms with Crippen molar-refractivity contribution in [2.24, 2.45) is 0 Å². The predicted molar refractivity (Wildman–Crippen MR) is 68.1 cm³/mol. The van der Waals surface area contributed by atoms with Crippen molar-refractivity contribution in [3.8, 4) is 0 Å². The number of hydrogen-bond acceptors (Lipinski definition) is 5. The molecule has 0 saturated carbocycles. The zero-order chi connectivity index (χ0) is 13.2. The molecule has 0 aliphatic rings. The Morgan fingerprint density at radius 3 is 2.28 bits per heavy atom. The third-order valence-corrected chi connectivity index (χ3v) is 3.51. The highest BCUT2D eigenvalue weighted by atomic mass is 35.5. The minimum Gasteiger partial charge on any atom is -0.399 e. The molecule has 0 aliphatic carbocycles. The van der Waals surface area contributed by atoms with Gasteiger partial charge in [-0.05, 0) is 36.1 Å². The van der Waals surface area contributed by atoms with E-state index in [1.54, 1.807) is 0 Å². The van der Waals surface area contributed by atoms with E-state index in [1.165, 1.54) is 36.4 Å². The maximum absolute atomic E-state index is 11.9. The molecule has 8 heteroatoms. The van der Waals surface area contributed by atoms with Crippen molar-refractivity contribution < 1.29 is 8.42 Å². The summed E-state index contributed by atoms with van der Waals surface area (Å²) in [6, 6.07) is 8.48. The van der Waals surface area contributed by atoms with E-state index in [4.69, 9.17) is 17.3 Å². The standard InChI is InChI=1S/C10H8ClN4O2S/c11-9-5-6-10(14-13-9)15-18(16,17)8-3-1-7(12)2-4-8/h1-6H,12H2/q-1. The number of nitrogens with zero attached hydrogens (tertiary/aromatic N) is 3. The Balaban J connectivity index is 2.27. The minimum absolute atomic E-state index is 0.0313. The second-order valence-electron chi connectivity index (χ2n) is 3.35. The van der Waals surface area contributed by atoms with Crippen LogP contribution in [0.1, 0.15) is 0 Å². The van der Waals surface area contributed by atoms with Gasteiger partial charge in [-0.15, -0.1) is 0 Å². The average Bonchev–Trinajstić information content (AvgIpc) is 2.32. The molecule has 6 nitrogen and oxygen atoms in total. The first-order valence-corrected chi connectivity index (χ1v) is 6.62. The quantitative estimate of drug-likeness (QED) is 0.870. The van der Waals surface area contributed by atoms with Crippen LogP contribution >= 0.6 is 11.6 Å². The lowest BCUT2D eigenvalue weighted by atomic mass is 10.3. The Labute approximate surface area is 109 Å². The topological polar surface area (TPSA) is 100 Å². The molecule has 2 aromatic rings. The van der Waals surface area contributed by atoms with Crippen LogP contribution in [-0.2, 0) is 10.0 Å². The number of halogens is 1. The number of aromatic nitrogens is 2. The van der Waals surface area contributed by atoms with Crippen LogP contribution in [0.3, 0.4) is 0 Å². The smallest absolute Gasteiger partial charge is 0.202 e. The van der Waals surface area contributed by atoms with Gasteiger partial charge in [0.2, 0.25) is 10.0 Å². The van der Waals surface area contributed by atoms with Gasteiger partial charge < -0.3 is 15.6 Å². The summed E-state index contributed by atoms with van der Waals surface area (Å²) < 4.78 is 27.3. The van der Waals surface area contributed by atoms with E-state index in [2.05, 4.69) is 14.9 Å². The maximum atomic E-state index is 11.9. The first-order chi connectivity index (χ1) is 8.47. The molecule has 0 fully saturated rings. The number of nitrogen functional groups attached to an aromatic ring is 1. The molecule has 1 heterocycles. The largest absolute Gasteiger partial charge is 0.399 e. The Morgan fingerprint density at radius 2 is 1.72 bits per heavy atom. The molecule has 0 bridgehead atoms. The van der Waals surface area contributed by atoms with Gasteiger partial charge in [-0.1, -0.05) is 17.7 Å². The molecule has 0 spiro atoms. The zero-order valence-corrected chi connectivity index (χ0v) is 10.6. The van der Waals surface area contributed by atoms with Crippen molar-refractivity contribution >= 4 is 33.1 Å². The summed E-state index contributed by atoms with van der Waals surface area (Å²) in [4.78, 5) is 0.0356. The van der Waals surface area contributed by atoms with Crippen LogP contribution < -0.4 is 5.73 Å². The lowest BCUT2D eigenvalue weighted by Gasteiger charge is -2.14. The Bertz CT molecular complexity index is 641. The molecule has 0 aliphatic heterocycles. The van der Waals surface area contributed by atoms with Gasteiger partial charge in [0.25, 0.3) is 0 Å². The van der Waals surface area contributed by atoms with Gasteiger partial charge in [-0.2, -0.15) is 0 Å². The summed E-state index contributed by atoms with van der Waals surface area (Å²) in [5.41, 5.74) is 5.95. The van der Waals surface area contributed by atoms with E-state index >= 15 is 0 Å². The summed E-state index contributed by atoms with van der Waals surface area (Å²) in [5, 5.41) is 7.23. The van der Waals surface area contributed by atoms with Crippen molar-refractivity contribution in [3.63, 3.8) is 0 Å². The highest BCUT2D eigenvalue weighted by Crippen LogP contribution is 2.25. The zero-order valence-electron chi connectivity index (χ0n) is 8.99. The van der Waals surface area contributed by atoms with Gasteiger partial charge in [0.05, 0.1) is 4.90 Å². The fourth-order valence-corrected chi connectivity index (χ4v) is 2.20. The summed E-state index contributed by atoms with van der Waals surface area (Å²) >= 11 is 5.54. The van der Waals surface area contributed by atoms with Gasteiger partial charge in [0, 0.05) is 5.69 Å². The molecule has 2 rings (SSSR count). The average molecular weight is 284 g/mol. The summed E-state index contributed by atoms with van der Waals surface area (Å²) in [5.74, 6) is -0.0313. The van der Waals surface area contributed by atoms with E-state index < -0.39 is 10.0 Å². The number of rotatable bonds is 3. The Hall–Kier alpha value is -1.86. The summed E-state index contributed by atoms with van der Waals surface area (Å²) in [6.07, 6.45) is 0. The lowest BCUT2D eigenvalue weighted by molar-refractivity contribution is 0.603. The third-order valence-electron chi connectivity index (χ3n) is 2.01. The van der Waals surface area contributed by atoms with E-state index in [-0.39, 0.29) is 15.9 Å². The fourth-order valence-electron chi connectivity index (χ4n) is 1.17. The number of benzene rings is 1. The Kier molecular flexibility index (Phi) is 3.35. The van der Waals surface area contributed by atoms with Crippen LogP contribution in [-0.4, -0.2) is 18.6 Å². The predicted octanol–water partition coefficient (Wildman–Crippen LogP) is 2.11. The van der Waals surface area contributed by atoms with E-state index in [1.807, 2.05) is 0 Å². The molecule has 0 unspecified atom stereocenters. The van der Waals surface area contributed by atoms with E-state index in [0.717, 1.165) is 0 Å². The van der Waals surface area contributed by atoms with E-state index in [0.29, 0.717) is 5.69 Å². The molecule has 1 aromatic heterocycles. The summed E-state index contributed by atoms with van der Waals surface area (Å²) in [7, 11) is -3.82. The second-order valence-corrected chi connectivity index (χ2v) is 5.34. The maximum Gasteiger partial charge on any atom is 0.202 e. The van der Waals surface area contributed by atoms with Crippen LogP contribution in [0.4, 0.5) is 11.5 Å². The highest BCUT2D eigenvalue weighted by Gasteiger charge is 2.09. The Morgan fingerprint density at radius 1 is 1.06 bits per heavy atom. The fraction of sp³-hybridized carbons (Fsp3) is 0. The van der Waals surface area contributed by atoms with Crippen LogP contribution in [0.25, 0.3) is 4.72 Å². The van der Waals surface area contributed by atoms with Gasteiger partial charge in [-0.3, -0.25) is 0 Å². The number of hydrogen-bond donors (Lipinski definition) is 1. The molecule has 18 heavy (non-hydrogen) atoms. The van der Waals surface area contributed by atoms with Crippen molar-refractivity contribution in [1.29, 1.82) is 0 Å². The summed E-state index contributed by atoms with van der Waals surface area (Å²) in [6.45, 7) is 0. The molecule has 1 aromatic carbocycles. The monoisotopic (exact) mass is 283 g/mol. The van der Waals surface area contributed by atoms with Crippen molar-refractivity contribution in [1.82, 2.24) is 10.2 Å². The SMILES string of the molecule is Nc1ccc(S(=O)(=O)[N-]c2ccc(Cl)nn2)cc1. The molecule has 0 saturated heterocycles. The first kappa shape index (κ1) is 12.6. The normalized spacial score (nSPS) is 11.2. The minimum atomic E-state index is -3.82. The van der Waals surface area contributed by atoms with Crippen LogP contribution in [0.5, 0.6) is 0 Å². The second kappa shape index (κ2) is 4.79. The molecule has 0 atom stereocenters. The molecular formula is C10H8ClN4O2S-. The van der Waals surface area contributed by atoms with Gasteiger partial charge in [0.1, 0.15) is 5.15 Å². The molecular weight excluding hydrogens is 276 g/mol. The molecule has 2 N–H and O–H groups in total. The first-order valence-electron chi connectivity index (χ1n) is 4.80. The van der Waals surface area contributed by atoms with Crippen molar-refractivity contribution in [2.45, 2.75) is 4.90 Å². The van der Waals surface area contributed by atoms with E-state index in [9.17, 15) is 8.42 Å². The molecule has 0 radical (unpaired) electrons. The van der Waals surface area contributed by atoms with Gasteiger partial charge in [0.15, 0.2) is 0 Å². The van der Waals surface area contributed by atoms with Crippen LogP contribution in [0, 0.1) is 0 Å². The van der Waals surface area contributed by atoms with Crippen molar-refractivity contribution in [2.75, 3.05) is 5.73 Å². The number of nitrogens with two attached hydrogens (primary N) is 1. The third kappa shape index (κ3) is 2.88. The van der Waals surface area contributed by atoms with Gasteiger partial charge in [-0.25, -0.2) is 13.5 Å². The molecule has 0 amide bonds. The lowest BCUT2D eigenvalue weighted by Crippen LogP contribution is -1.99. The van der Waals surface area contributed by atoms with Crippen LogP contribution in [0.2, 0.25) is 5.15 Å². The highest BCUT2D eigenvalue weighted by molar-refractivity contribution is 7.94. The van der Waals surface area contributed by atoms with Crippen molar-refractivity contribution in [3.05, 3.63) is 46.3 Å². The van der Waals surface area contributed by atoms with Gasteiger partial charge >= 0.3 is 0 Å².